The summed E-state index contributed by atoms with van der Waals surface area (Å²) in [7, 11) is 1.38. The maximum Gasteiger partial charge on any atom is 0.471 e. The van der Waals surface area contributed by atoms with Crippen molar-refractivity contribution in [2.45, 2.75) is 25.7 Å². The molecule has 0 aliphatic heterocycles. The minimum absolute atomic E-state index is 0.0140. The zero-order chi connectivity index (χ0) is 21.6. The molecule has 1 aromatic carbocycles. The first-order chi connectivity index (χ1) is 13.6. The number of nitrogens with zero attached hydrogens (tertiary/aromatic N) is 3. The number of carbonyl (C=O) groups is 1. The lowest BCUT2D eigenvalue weighted by Crippen LogP contribution is -2.38. The minimum Gasteiger partial charge on any atom is -0.372 e. The molecule has 2 rings (SSSR count). The van der Waals surface area contributed by atoms with Crippen molar-refractivity contribution in [1.82, 2.24) is 15.2 Å². The summed E-state index contributed by atoms with van der Waals surface area (Å²) in [5.41, 5.74) is 0.944. The summed E-state index contributed by atoms with van der Waals surface area (Å²) in [5.74, 6) is -2.08. The van der Waals surface area contributed by atoms with Crippen LogP contribution in [-0.2, 0) is 27.1 Å². The smallest absolute Gasteiger partial charge is 0.372 e. The predicted molar refractivity (Wildman–Crippen MR) is 97.5 cm³/mol. The van der Waals surface area contributed by atoms with E-state index in [1.807, 2.05) is 0 Å². The molecule has 1 aromatic heterocycles. The third-order valence-electron chi connectivity index (χ3n) is 3.62. The van der Waals surface area contributed by atoms with Crippen molar-refractivity contribution in [3.05, 3.63) is 46.3 Å². The molecule has 1 amide bonds. The van der Waals surface area contributed by atoms with Gasteiger partial charge in [0.2, 0.25) is 5.82 Å². The van der Waals surface area contributed by atoms with Gasteiger partial charge in [0.1, 0.15) is 10.6 Å². The molecule has 0 radical (unpaired) electrons. The van der Waals surface area contributed by atoms with Crippen molar-refractivity contribution < 1.29 is 32.1 Å². The predicted octanol–water partition coefficient (Wildman–Crippen LogP) is 4.37. The third-order valence-corrected chi connectivity index (χ3v) is 3.93. The van der Waals surface area contributed by atoms with E-state index in [2.05, 4.69) is 14.7 Å². The van der Waals surface area contributed by atoms with E-state index < -0.39 is 24.1 Å². The third kappa shape index (κ3) is 6.70. The maximum absolute atomic E-state index is 12.6. The highest BCUT2D eigenvalue weighted by Gasteiger charge is 2.38. The molecule has 0 saturated heterocycles. The number of hydrogen-bond donors (Lipinski definition) is 0. The molecule has 0 bridgehead atoms. The van der Waals surface area contributed by atoms with Crippen LogP contribution < -0.4 is 0 Å². The summed E-state index contributed by atoms with van der Waals surface area (Å²) in [4.78, 5) is 21.1. The number of benzene rings is 1. The topological polar surface area (TPSA) is 77.7 Å². The van der Waals surface area contributed by atoms with Gasteiger partial charge in [0.25, 0.3) is 5.91 Å². The van der Waals surface area contributed by atoms with Crippen molar-refractivity contribution in [2.24, 2.45) is 0 Å². The average Bonchev–Trinajstić information content (AvgIpc) is 3.17. The minimum atomic E-state index is -4.72. The van der Waals surface area contributed by atoms with Gasteiger partial charge in [-0.15, -0.1) is 0 Å². The van der Waals surface area contributed by atoms with Crippen molar-refractivity contribution in [3.8, 4) is 11.4 Å². The van der Waals surface area contributed by atoms with Gasteiger partial charge in [0, 0.05) is 12.7 Å². The van der Waals surface area contributed by atoms with E-state index in [1.54, 1.807) is 19.1 Å². The number of ether oxygens (including phenoxy) is 1. The standard InChI is InChI=1S/C17H16Cl2F3N3O4/c1-10(27-2)15(26)25(28-8-7-13(18)19)9-11-3-5-12(6-4-11)14-23-16(29-24-14)17(20,21)22/h3-7,10H,8-9H2,1-2H3. The second kappa shape index (κ2) is 10.1. The Labute approximate surface area is 173 Å². The largest absolute Gasteiger partial charge is 0.471 e. The highest BCUT2D eigenvalue weighted by Crippen LogP contribution is 2.29. The van der Waals surface area contributed by atoms with Crippen LogP contribution in [0, 0.1) is 0 Å². The van der Waals surface area contributed by atoms with Crippen molar-refractivity contribution in [1.29, 1.82) is 0 Å². The van der Waals surface area contributed by atoms with Crippen molar-refractivity contribution in [2.75, 3.05) is 13.7 Å². The van der Waals surface area contributed by atoms with E-state index in [-0.39, 0.29) is 23.5 Å². The Balaban J connectivity index is 2.13. The lowest BCUT2D eigenvalue weighted by Gasteiger charge is -2.24. The summed E-state index contributed by atoms with van der Waals surface area (Å²) in [6.07, 6.45) is -4.12. The van der Waals surface area contributed by atoms with E-state index in [1.165, 1.54) is 25.3 Å². The molecule has 158 valence electrons. The fourth-order valence-electron chi connectivity index (χ4n) is 2.06. The molecule has 12 heteroatoms. The van der Waals surface area contributed by atoms with Crippen LogP contribution in [-0.4, -0.2) is 40.9 Å². The zero-order valence-corrected chi connectivity index (χ0v) is 16.8. The van der Waals surface area contributed by atoms with Crippen LogP contribution in [0.2, 0.25) is 0 Å². The normalized spacial score (nSPS) is 12.5. The van der Waals surface area contributed by atoms with Crippen molar-refractivity contribution >= 4 is 29.1 Å². The molecule has 7 nitrogen and oxygen atoms in total. The van der Waals surface area contributed by atoms with Crippen LogP contribution in [0.4, 0.5) is 13.2 Å². The average molecular weight is 454 g/mol. The molecule has 1 heterocycles. The summed E-state index contributed by atoms with van der Waals surface area (Å²) >= 11 is 11.0. The number of halogens is 5. The second-order valence-corrected chi connectivity index (χ2v) is 6.67. The Hall–Kier alpha value is -2.14. The Morgan fingerprint density at radius 3 is 2.48 bits per heavy atom. The van der Waals surface area contributed by atoms with Gasteiger partial charge in [-0.25, -0.2) is 5.06 Å². The molecule has 0 saturated carbocycles. The molecule has 0 fully saturated rings. The fourth-order valence-corrected chi connectivity index (χ4v) is 2.19. The van der Waals surface area contributed by atoms with Gasteiger partial charge in [-0.05, 0) is 18.6 Å². The van der Waals surface area contributed by atoms with Crippen molar-refractivity contribution in [3.63, 3.8) is 0 Å². The van der Waals surface area contributed by atoms with Crippen LogP contribution in [0.1, 0.15) is 18.4 Å². The lowest BCUT2D eigenvalue weighted by atomic mass is 10.1. The molecule has 0 aliphatic rings. The van der Waals surface area contributed by atoms with Gasteiger partial charge in [-0.1, -0.05) is 52.6 Å². The SMILES string of the molecule is COC(C)C(=O)N(Cc1ccc(-c2noc(C(F)(F)F)n2)cc1)OCC=C(Cl)Cl. The quantitative estimate of drug-likeness (QED) is 0.552. The van der Waals surface area contributed by atoms with Crippen LogP contribution >= 0.6 is 23.2 Å². The van der Waals surface area contributed by atoms with Gasteiger partial charge in [-0.2, -0.15) is 18.2 Å². The number of carbonyl (C=O) groups excluding carboxylic acids is 1. The van der Waals surface area contributed by atoms with Crippen LogP contribution in [0.25, 0.3) is 11.4 Å². The van der Waals surface area contributed by atoms with Crippen LogP contribution in [0.3, 0.4) is 0 Å². The van der Waals surface area contributed by atoms with E-state index in [0.717, 1.165) is 5.06 Å². The van der Waals surface area contributed by atoms with Gasteiger partial charge in [-0.3, -0.25) is 9.63 Å². The van der Waals surface area contributed by atoms with Crippen LogP contribution in [0.5, 0.6) is 0 Å². The number of aromatic nitrogens is 2. The van der Waals surface area contributed by atoms with E-state index in [0.29, 0.717) is 11.1 Å². The Bertz CT molecular complexity index is 852. The highest BCUT2D eigenvalue weighted by molar-refractivity contribution is 6.55. The molecule has 0 aliphatic carbocycles. The van der Waals surface area contributed by atoms with Crippen LogP contribution in [0.15, 0.2) is 39.4 Å². The molecule has 1 unspecified atom stereocenters. The molecular weight excluding hydrogens is 438 g/mol. The van der Waals surface area contributed by atoms with Gasteiger partial charge >= 0.3 is 12.1 Å². The first kappa shape index (κ1) is 23.1. The first-order valence-electron chi connectivity index (χ1n) is 8.10. The van der Waals surface area contributed by atoms with E-state index >= 15 is 0 Å². The summed E-state index contributed by atoms with van der Waals surface area (Å²) in [5, 5.41) is 4.40. The summed E-state index contributed by atoms with van der Waals surface area (Å²) in [6, 6.07) is 6.17. The van der Waals surface area contributed by atoms with Gasteiger partial charge in [0.05, 0.1) is 13.2 Å². The summed E-state index contributed by atoms with van der Waals surface area (Å²) < 4.78 is 46.9. The molecule has 29 heavy (non-hydrogen) atoms. The highest BCUT2D eigenvalue weighted by atomic mass is 35.5. The van der Waals surface area contributed by atoms with E-state index in [9.17, 15) is 18.0 Å². The number of methoxy groups -OCH3 is 1. The van der Waals surface area contributed by atoms with Gasteiger partial charge in [0.15, 0.2) is 0 Å². The number of amides is 1. The van der Waals surface area contributed by atoms with Gasteiger partial charge < -0.3 is 9.26 Å². The number of hydrogen-bond acceptors (Lipinski definition) is 6. The monoisotopic (exact) mass is 453 g/mol. The molecule has 0 spiro atoms. The molecule has 2 aromatic rings. The Morgan fingerprint density at radius 2 is 1.97 bits per heavy atom. The second-order valence-electron chi connectivity index (χ2n) is 5.66. The van der Waals surface area contributed by atoms with E-state index in [4.69, 9.17) is 32.8 Å². The fraction of sp³-hybridized carbons (Fsp3) is 0.353. The Kier molecular flexibility index (Phi) is 8.03. The maximum atomic E-state index is 12.6. The Morgan fingerprint density at radius 1 is 1.31 bits per heavy atom. The first-order valence-corrected chi connectivity index (χ1v) is 8.86. The molecule has 0 N–H and O–H groups in total. The zero-order valence-electron chi connectivity index (χ0n) is 15.2. The summed E-state index contributed by atoms with van der Waals surface area (Å²) in [6.45, 7) is 1.55. The molecular formula is C17H16Cl2F3N3O4. The number of hydroxylamine groups is 2. The lowest BCUT2D eigenvalue weighted by molar-refractivity contribution is -0.194. The number of alkyl halides is 3. The number of rotatable bonds is 8. The molecule has 1 atom stereocenters.